The Morgan fingerprint density at radius 3 is 2.56 bits per heavy atom. The lowest BCUT2D eigenvalue weighted by Crippen LogP contribution is -2.32. The van der Waals surface area contributed by atoms with Crippen molar-refractivity contribution in [2.45, 2.75) is 31.0 Å². The molecule has 1 fully saturated rings. The predicted molar refractivity (Wildman–Crippen MR) is 109 cm³/mol. The van der Waals surface area contributed by atoms with Crippen LogP contribution in [-0.2, 0) is 4.79 Å². The lowest BCUT2D eigenvalue weighted by Gasteiger charge is -2.21. The number of hydrogen-bond donors (Lipinski definition) is 0. The maximum Gasteiger partial charge on any atom is 0.262 e. The highest BCUT2D eigenvalue weighted by atomic mass is 32.2. The van der Waals surface area contributed by atoms with E-state index in [0.717, 1.165) is 18.5 Å². The van der Waals surface area contributed by atoms with E-state index < -0.39 is 0 Å². The quantitative estimate of drug-likeness (QED) is 0.482. The average molecular weight is 379 g/mol. The van der Waals surface area contributed by atoms with Crippen LogP contribution in [0.3, 0.4) is 0 Å². The zero-order valence-corrected chi connectivity index (χ0v) is 16.0. The van der Waals surface area contributed by atoms with Crippen molar-refractivity contribution < 1.29 is 4.79 Å². The van der Waals surface area contributed by atoms with E-state index in [1.807, 2.05) is 61.5 Å². The first-order valence-corrected chi connectivity index (χ1v) is 10.2. The van der Waals surface area contributed by atoms with Crippen LogP contribution in [0.1, 0.15) is 25.8 Å². The van der Waals surface area contributed by atoms with E-state index in [4.69, 9.17) is 0 Å². The third kappa shape index (κ3) is 3.62. The van der Waals surface area contributed by atoms with Crippen molar-refractivity contribution >= 4 is 34.3 Å². The first-order chi connectivity index (χ1) is 13.2. The van der Waals surface area contributed by atoms with E-state index in [1.165, 1.54) is 11.8 Å². The highest BCUT2D eigenvalue weighted by Gasteiger charge is 2.29. The van der Waals surface area contributed by atoms with Crippen LogP contribution >= 0.6 is 11.8 Å². The summed E-state index contributed by atoms with van der Waals surface area (Å²) in [4.78, 5) is 32.1. The fourth-order valence-corrected chi connectivity index (χ4v) is 4.14. The standard InChI is InChI=1S/C21H21N3O2S/c1-2-23(15-8-4-3-5-9-15)19(25)14-27-21-22-18-11-7-6-10-17(18)20(26)24(21)16-12-13-16/h3-11,16H,2,12-14H2,1H3. The van der Waals surface area contributed by atoms with Crippen LogP contribution in [0.2, 0.25) is 0 Å². The molecule has 1 aliphatic carbocycles. The van der Waals surface area contributed by atoms with Crippen molar-refractivity contribution in [1.29, 1.82) is 0 Å². The van der Waals surface area contributed by atoms with Crippen LogP contribution in [0.5, 0.6) is 0 Å². The fourth-order valence-electron chi connectivity index (χ4n) is 3.20. The monoisotopic (exact) mass is 379 g/mol. The van der Waals surface area contributed by atoms with Gasteiger partial charge in [0.1, 0.15) is 0 Å². The molecule has 0 radical (unpaired) electrons. The fraction of sp³-hybridized carbons (Fsp3) is 0.286. The summed E-state index contributed by atoms with van der Waals surface area (Å²) in [6, 6.07) is 17.3. The second-order valence-corrected chi connectivity index (χ2v) is 7.52. The van der Waals surface area contributed by atoms with E-state index >= 15 is 0 Å². The van der Waals surface area contributed by atoms with Gasteiger partial charge < -0.3 is 4.90 Å². The van der Waals surface area contributed by atoms with Crippen molar-refractivity contribution in [1.82, 2.24) is 9.55 Å². The number of hydrogen-bond acceptors (Lipinski definition) is 4. The smallest absolute Gasteiger partial charge is 0.262 e. The molecule has 0 bridgehead atoms. The predicted octanol–water partition coefficient (Wildman–Crippen LogP) is 3.88. The van der Waals surface area contributed by atoms with E-state index in [2.05, 4.69) is 4.98 Å². The van der Waals surface area contributed by atoms with Gasteiger partial charge in [-0.15, -0.1) is 0 Å². The molecular weight excluding hydrogens is 358 g/mol. The first kappa shape index (κ1) is 17.8. The van der Waals surface area contributed by atoms with Gasteiger partial charge in [-0.3, -0.25) is 14.2 Å². The third-order valence-electron chi connectivity index (χ3n) is 4.70. The van der Waals surface area contributed by atoms with Gasteiger partial charge >= 0.3 is 0 Å². The Morgan fingerprint density at radius 1 is 1.15 bits per heavy atom. The van der Waals surface area contributed by atoms with Gasteiger partial charge in [-0.25, -0.2) is 4.98 Å². The van der Waals surface area contributed by atoms with Gasteiger partial charge in [-0.2, -0.15) is 0 Å². The Labute approximate surface area is 162 Å². The molecule has 1 amide bonds. The van der Waals surface area contributed by atoms with Crippen LogP contribution in [0.25, 0.3) is 10.9 Å². The van der Waals surface area contributed by atoms with Crippen LogP contribution in [0, 0.1) is 0 Å². The molecule has 0 atom stereocenters. The van der Waals surface area contributed by atoms with Crippen LogP contribution in [0.15, 0.2) is 64.5 Å². The summed E-state index contributed by atoms with van der Waals surface area (Å²) in [6.07, 6.45) is 1.99. The average Bonchev–Trinajstić information content (AvgIpc) is 3.53. The summed E-state index contributed by atoms with van der Waals surface area (Å²) >= 11 is 1.35. The molecule has 0 N–H and O–H groups in total. The molecule has 138 valence electrons. The third-order valence-corrected chi connectivity index (χ3v) is 5.63. The topological polar surface area (TPSA) is 55.2 Å². The molecule has 2 aromatic carbocycles. The molecule has 1 aliphatic rings. The minimum atomic E-state index is -0.00606. The zero-order valence-electron chi connectivity index (χ0n) is 15.2. The van der Waals surface area contributed by atoms with Gasteiger partial charge in [0, 0.05) is 18.3 Å². The number of anilines is 1. The molecule has 27 heavy (non-hydrogen) atoms. The number of nitrogens with zero attached hydrogens (tertiary/aromatic N) is 3. The van der Waals surface area contributed by atoms with Gasteiger partial charge in [0.25, 0.3) is 5.56 Å². The summed E-state index contributed by atoms with van der Waals surface area (Å²) < 4.78 is 1.78. The van der Waals surface area contributed by atoms with Crippen molar-refractivity contribution in [3.8, 4) is 0 Å². The Kier molecular flexibility index (Phi) is 4.99. The van der Waals surface area contributed by atoms with Crippen molar-refractivity contribution in [3.05, 3.63) is 65.0 Å². The summed E-state index contributed by atoms with van der Waals surface area (Å²) in [7, 11) is 0. The van der Waals surface area contributed by atoms with E-state index in [9.17, 15) is 9.59 Å². The van der Waals surface area contributed by atoms with Crippen LogP contribution in [0.4, 0.5) is 5.69 Å². The summed E-state index contributed by atoms with van der Waals surface area (Å²) in [5.41, 5.74) is 1.56. The van der Waals surface area contributed by atoms with Crippen LogP contribution in [-0.4, -0.2) is 27.8 Å². The molecule has 3 aromatic rings. The number of para-hydroxylation sites is 2. The van der Waals surface area contributed by atoms with Crippen molar-refractivity contribution in [2.75, 3.05) is 17.2 Å². The number of carbonyl (C=O) groups excluding carboxylic acids is 1. The summed E-state index contributed by atoms with van der Waals surface area (Å²) in [6.45, 7) is 2.56. The molecular formula is C21H21N3O2S. The van der Waals surface area contributed by atoms with Gasteiger partial charge in [0.15, 0.2) is 5.16 Å². The highest BCUT2D eigenvalue weighted by molar-refractivity contribution is 7.99. The largest absolute Gasteiger partial charge is 0.312 e. The second kappa shape index (κ2) is 7.56. The molecule has 1 heterocycles. The number of thioether (sulfide) groups is 1. The lowest BCUT2D eigenvalue weighted by atomic mass is 10.2. The van der Waals surface area contributed by atoms with Crippen LogP contribution < -0.4 is 10.5 Å². The Bertz CT molecular complexity index is 1030. The minimum absolute atomic E-state index is 0.00606. The molecule has 0 saturated heterocycles. The van der Waals surface area contributed by atoms with Gasteiger partial charge in [-0.05, 0) is 44.0 Å². The molecule has 0 unspecified atom stereocenters. The highest BCUT2D eigenvalue weighted by Crippen LogP contribution is 2.36. The number of aromatic nitrogens is 2. The molecule has 5 nitrogen and oxygen atoms in total. The molecule has 1 aromatic heterocycles. The number of fused-ring (bicyclic) bond motifs is 1. The number of amides is 1. The zero-order chi connectivity index (χ0) is 18.8. The van der Waals surface area contributed by atoms with Crippen molar-refractivity contribution in [2.24, 2.45) is 0 Å². The minimum Gasteiger partial charge on any atom is -0.312 e. The number of rotatable bonds is 6. The molecule has 0 spiro atoms. The summed E-state index contributed by atoms with van der Waals surface area (Å²) in [5.74, 6) is 0.263. The molecule has 4 rings (SSSR count). The Hall–Kier alpha value is -2.60. The summed E-state index contributed by atoms with van der Waals surface area (Å²) in [5, 5.41) is 1.28. The first-order valence-electron chi connectivity index (χ1n) is 9.18. The second-order valence-electron chi connectivity index (χ2n) is 6.58. The maximum atomic E-state index is 12.9. The van der Waals surface area contributed by atoms with E-state index in [0.29, 0.717) is 22.6 Å². The van der Waals surface area contributed by atoms with Gasteiger partial charge in [0.2, 0.25) is 5.91 Å². The van der Waals surface area contributed by atoms with Crippen molar-refractivity contribution in [3.63, 3.8) is 0 Å². The SMILES string of the molecule is CCN(C(=O)CSc1nc2ccccc2c(=O)n1C1CC1)c1ccccc1. The van der Waals surface area contributed by atoms with E-state index in [1.54, 1.807) is 9.47 Å². The van der Waals surface area contributed by atoms with E-state index in [-0.39, 0.29) is 23.3 Å². The molecule has 1 saturated carbocycles. The number of carbonyl (C=O) groups is 1. The number of benzene rings is 2. The Morgan fingerprint density at radius 2 is 1.85 bits per heavy atom. The molecule has 0 aliphatic heterocycles. The maximum absolute atomic E-state index is 12.9. The molecule has 6 heteroatoms. The van der Waals surface area contributed by atoms with Gasteiger partial charge in [-0.1, -0.05) is 42.1 Å². The normalized spacial score (nSPS) is 13.7. The Balaban J connectivity index is 1.61. The van der Waals surface area contributed by atoms with Gasteiger partial charge in [0.05, 0.1) is 16.7 Å². The lowest BCUT2D eigenvalue weighted by molar-refractivity contribution is -0.116.